The van der Waals surface area contributed by atoms with Gasteiger partial charge >= 0.3 is 13.6 Å². The van der Waals surface area contributed by atoms with Crippen LogP contribution >= 0.6 is 7.60 Å². The van der Waals surface area contributed by atoms with Crippen molar-refractivity contribution in [3.05, 3.63) is 0 Å². The summed E-state index contributed by atoms with van der Waals surface area (Å²) in [6.07, 6.45) is 0. The maximum Gasteiger partial charge on any atom is 0.365 e. The van der Waals surface area contributed by atoms with Gasteiger partial charge in [-0.1, -0.05) is 0 Å². The molecule has 1 atom stereocenters. The summed E-state index contributed by atoms with van der Waals surface area (Å²) in [5.74, 6) is -2.25. The van der Waals surface area contributed by atoms with Gasteiger partial charge in [0.15, 0.2) is 5.85 Å². The van der Waals surface area contributed by atoms with Crippen molar-refractivity contribution < 1.29 is 23.9 Å². The van der Waals surface area contributed by atoms with Crippen LogP contribution in [0.3, 0.4) is 0 Å². The number of carbonyl (C=O) groups excluding carboxylic acids is 1. The van der Waals surface area contributed by atoms with Gasteiger partial charge < -0.3 is 20.3 Å². The van der Waals surface area contributed by atoms with E-state index in [4.69, 9.17) is 15.5 Å². The summed E-state index contributed by atoms with van der Waals surface area (Å²) in [6, 6.07) is 0. The van der Waals surface area contributed by atoms with Gasteiger partial charge in [0.25, 0.3) is 0 Å². The monoisotopic (exact) mass is 183 g/mol. The van der Waals surface area contributed by atoms with Gasteiger partial charge in [0.05, 0.1) is 6.54 Å². The van der Waals surface area contributed by atoms with Crippen LogP contribution in [0.2, 0.25) is 0 Å². The van der Waals surface area contributed by atoms with Gasteiger partial charge in [0, 0.05) is 0 Å². The zero-order chi connectivity index (χ0) is 9.07. The van der Waals surface area contributed by atoms with E-state index in [2.05, 4.69) is 4.74 Å². The molecule has 0 aromatic carbocycles. The summed E-state index contributed by atoms with van der Waals surface area (Å²) in [4.78, 5) is 27.2. The zero-order valence-electron chi connectivity index (χ0n) is 5.93. The first kappa shape index (κ1) is 10.6. The van der Waals surface area contributed by atoms with Gasteiger partial charge in [-0.3, -0.25) is 9.36 Å². The van der Waals surface area contributed by atoms with Crippen molar-refractivity contribution in [2.75, 3.05) is 6.54 Å². The van der Waals surface area contributed by atoms with Crippen molar-refractivity contribution in [2.24, 2.45) is 5.73 Å². The highest BCUT2D eigenvalue weighted by molar-refractivity contribution is 7.52. The van der Waals surface area contributed by atoms with Crippen LogP contribution in [0.4, 0.5) is 0 Å². The Balaban J connectivity index is 3.98. The van der Waals surface area contributed by atoms with Gasteiger partial charge in [0.1, 0.15) is 0 Å². The highest BCUT2D eigenvalue weighted by atomic mass is 31.2. The number of carbonyl (C=O) groups is 1. The van der Waals surface area contributed by atoms with Gasteiger partial charge in [-0.15, -0.1) is 0 Å². The average Bonchev–Trinajstić information content (AvgIpc) is 1.85. The molecule has 0 aromatic rings. The molecule has 0 radical (unpaired) electrons. The Morgan fingerprint density at radius 1 is 1.73 bits per heavy atom. The van der Waals surface area contributed by atoms with Crippen LogP contribution in [0.5, 0.6) is 0 Å². The molecule has 0 heterocycles. The lowest BCUT2D eigenvalue weighted by Crippen LogP contribution is -2.22. The second-order valence-electron chi connectivity index (χ2n) is 1.88. The largest absolute Gasteiger partial charge is 0.449 e. The number of hydrogen-bond acceptors (Lipinski definition) is 4. The lowest BCUT2D eigenvalue weighted by Gasteiger charge is -2.13. The summed E-state index contributed by atoms with van der Waals surface area (Å²) in [6.45, 7) is 0.721. The molecule has 0 rings (SSSR count). The molecule has 0 saturated heterocycles. The second kappa shape index (κ2) is 3.82. The number of rotatable bonds is 3. The molecule has 0 aliphatic heterocycles. The van der Waals surface area contributed by atoms with Gasteiger partial charge in [0.2, 0.25) is 0 Å². The average molecular weight is 183 g/mol. The fourth-order valence-electron chi connectivity index (χ4n) is 0.307. The van der Waals surface area contributed by atoms with Crippen molar-refractivity contribution in [1.29, 1.82) is 0 Å². The lowest BCUT2D eigenvalue weighted by atomic mass is 10.7. The smallest absolute Gasteiger partial charge is 0.365 e. The minimum Gasteiger partial charge on any atom is -0.449 e. The number of esters is 1. The normalized spacial score (nSPS) is 14.2. The molecule has 0 amide bonds. The lowest BCUT2D eigenvalue weighted by molar-refractivity contribution is -0.143. The Bertz CT molecular complexity index is 187. The summed E-state index contributed by atoms with van der Waals surface area (Å²) in [7, 11) is -4.32. The third-order valence-corrected chi connectivity index (χ3v) is 2.00. The maximum absolute atomic E-state index is 10.4. The van der Waals surface area contributed by atoms with E-state index < -0.39 is 19.4 Å². The summed E-state index contributed by atoms with van der Waals surface area (Å²) >= 11 is 0. The van der Waals surface area contributed by atoms with Crippen LogP contribution < -0.4 is 5.73 Å². The van der Waals surface area contributed by atoms with Crippen molar-refractivity contribution in [3.63, 3.8) is 0 Å². The predicted octanol–water partition coefficient (Wildman–Crippen LogP) is -0.988. The Morgan fingerprint density at radius 2 is 2.18 bits per heavy atom. The van der Waals surface area contributed by atoms with E-state index in [0.29, 0.717) is 0 Å². The quantitative estimate of drug-likeness (QED) is 0.383. The van der Waals surface area contributed by atoms with Crippen LogP contribution in [0.25, 0.3) is 0 Å². The molecule has 0 saturated carbocycles. The fraction of sp³-hybridized carbons (Fsp3) is 0.750. The number of ether oxygens (including phenoxy) is 1. The van der Waals surface area contributed by atoms with Crippen molar-refractivity contribution in [1.82, 2.24) is 0 Å². The Kier molecular flexibility index (Phi) is 3.68. The van der Waals surface area contributed by atoms with E-state index in [-0.39, 0.29) is 6.54 Å². The molecule has 0 aliphatic carbocycles. The Morgan fingerprint density at radius 3 is 2.45 bits per heavy atom. The second-order valence-corrected chi connectivity index (χ2v) is 3.79. The van der Waals surface area contributed by atoms with Crippen molar-refractivity contribution >= 4 is 13.6 Å². The Labute approximate surface area is 63.5 Å². The molecule has 1 unspecified atom stereocenters. The van der Waals surface area contributed by atoms with Crippen molar-refractivity contribution in [2.45, 2.75) is 12.8 Å². The Hall–Kier alpha value is -0.420. The number of nitrogens with two attached hydrogens (primary N) is 1. The van der Waals surface area contributed by atoms with E-state index >= 15 is 0 Å². The highest BCUT2D eigenvalue weighted by Gasteiger charge is 2.26. The fourth-order valence-corrected chi connectivity index (χ4v) is 0.562. The van der Waals surface area contributed by atoms with E-state index in [1.807, 2.05) is 0 Å². The van der Waals surface area contributed by atoms with Crippen LogP contribution in [-0.4, -0.2) is 28.1 Å². The molecular weight excluding hydrogens is 173 g/mol. The SMILES string of the molecule is CC(OC(=O)CN)P(=O)(O)O. The molecule has 7 heteroatoms. The van der Waals surface area contributed by atoms with E-state index in [1.54, 1.807) is 0 Å². The van der Waals surface area contributed by atoms with Crippen molar-refractivity contribution in [3.8, 4) is 0 Å². The molecule has 0 fully saturated rings. The molecule has 6 nitrogen and oxygen atoms in total. The maximum atomic E-state index is 10.4. The minimum atomic E-state index is -4.32. The van der Waals surface area contributed by atoms with Crippen LogP contribution in [-0.2, 0) is 14.1 Å². The topological polar surface area (TPSA) is 110 Å². The highest BCUT2D eigenvalue weighted by Crippen LogP contribution is 2.41. The zero-order valence-corrected chi connectivity index (χ0v) is 6.82. The van der Waals surface area contributed by atoms with Gasteiger partial charge in [-0.2, -0.15) is 0 Å². The third kappa shape index (κ3) is 4.10. The first-order valence-corrected chi connectivity index (χ1v) is 4.51. The molecule has 0 bridgehead atoms. The van der Waals surface area contributed by atoms with E-state index in [9.17, 15) is 9.36 Å². The predicted molar refractivity (Wildman–Crippen MR) is 36.7 cm³/mol. The molecule has 4 N–H and O–H groups in total. The standard InChI is InChI=1S/C4H10NO5P/c1-3(11(7,8)9)10-4(6)2-5/h3H,2,5H2,1H3,(H2,7,8,9). The molecule has 0 aromatic heterocycles. The summed E-state index contributed by atoms with van der Waals surface area (Å²) in [5, 5.41) is 0. The van der Waals surface area contributed by atoms with E-state index in [1.165, 1.54) is 0 Å². The van der Waals surface area contributed by atoms with Gasteiger partial charge in [-0.05, 0) is 6.92 Å². The van der Waals surface area contributed by atoms with Crippen LogP contribution in [0.1, 0.15) is 6.92 Å². The molecule has 0 aliphatic rings. The van der Waals surface area contributed by atoms with E-state index in [0.717, 1.165) is 6.92 Å². The molecule has 0 spiro atoms. The van der Waals surface area contributed by atoms with Crippen LogP contribution in [0, 0.1) is 0 Å². The summed E-state index contributed by atoms with van der Waals surface area (Å²) < 4.78 is 14.6. The third-order valence-electron chi connectivity index (χ3n) is 0.942. The molecular formula is C4H10NO5P. The molecule has 11 heavy (non-hydrogen) atoms. The number of hydrogen-bond donors (Lipinski definition) is 3. The molecule has 66 valence electrons. The first-order chi connectivity index (χ1) is 4.88. The minimum absolute atomic E-state index is 0.385. The first-order valence-electron chi connectivity index (χ1n) is 2.82. The summed E-state index contributed by atoms with van der Waals surface area (Å²) in [5.41, 5.74) is 4.84. The van der Waals surface area contributed by atoms with Gasteiger partial charge in [-0.25, -0.2) is 0 Å². The van der Waals surface area contributed by atoms with Crippen LogP contribution in [0.15, 0.2) is 0 Å².